The first-order valence-electron chi connectivity index (χ1n) is 8.58. The molecule has 4 heteroatoms. The molecule has 1 N–H and O–H groups in total. The summed E-state index contributed by atoms with van der Waals surface area (Å²) in [5.41, 5.74) is 1.65. The molecule has 3 rings (SSSR count). The van der Waals surface area contributed by atoms with Crippen LogP contribution >= 0.6 is 0 Å². The van der Waals surface area contributed by atoms with Crippen LogP contribution < -0.4 is 5.32 Å². The maximum absolute atomic E-state index is 4.76. The molecular weight excluding hydrogens is 260 g/mol. The van der Waals surface area contributed by atoms with Crippen LogP contribution in [0.3, 0.4) is 0 Å². The summed E-state index contributed by atoms with van der Waals surface area (Å²) in [6.45, 7) is 6.90. The second-order valence-corrected chi connectivity index (χ2v) is 7.44. The summed E-state index contributed by atoms with van der Waals surface area (Å²) in [5.74, 6) is 0. The highest BCUT2D eigenvalue weighted by Gasteiger charge is 2.28. The molecule has 2 aliphatic rings. The summed E-state index contributed by atoms with van der Waals surface area (Å²) in [7, 11) is 2.22. The lowest BCUT2D eigenvalue weighted by Gasteiger charge is -2.38. The summed E-state index contributed by atoms with van der Waals surface area (Å²) in [5, 5.41) is 8.39. The summed E-state index contributed by atoms with van der Waals surface area (Å²) in [6, 6.07) is 2.84. The minimum atomic E-state index is 0.459. The van der Waals surface area contributed by atoms with E-state index in [1.165, 1.54) is 57.3 Å². The Morgan fingerprint density at radius 1 is 1.29 bits per heavy atom. The molecular formula is C17H30N4. The third-order valence-electron chi connectivity index (χ3n) is 5.41. The molecule has 0 amide bonds. The third kappa shape index (κ3) is 3.86. The van der Waals surface area contributed by atoms with Crippen molar-refractivity contribution >= 4 is 0 Å². The van der Waals surface area contributed by atoms with Crippen LogP contribution in [0.1, 0.15) is 57.2 Å². The van der Waals surface area contributed by atoms with Gasteiger partial charge in [-0.3, -0.25) is 4.68 Å². The summed E-state index contributed by atoms with van der Waals surface area (Å²) in [4.78, 5) is 2.44. The van der Waals surface area contributed by atoms with Crippen LogP contribution in [0, 0.1) is 5.41 Å². The van der Waals surface area contributed by atoms with Crippen LogP contribution in [0.5, 0.6) is 0 Å². The van der Waals surface area contributed by atoms with Crippen molar-refractivity contribution in [3.05, 3.63) is 18.0 Å². The highest BCUT2D eigenvalue weighted by atomic mass is 15.3. The molecule has 1 aliphatic carbocycles. The van der Waals surface area contributed by atoms with E-state index >= 15 is 0 Å². The lowest BCUT2D eigenvalue weighted by Crippen LogP contribution is -2.41. The number of likely N-dealkylation sites (tertiary alicyclic amines) is 1. The third-order valence-corrected chi connectivity index (χ3v) is 5.41. The van der Waals surface area contributed by atoms with E-state index in [4.69, 9.17) is 5.10 Å². The molecule has 118 valence electrons. The molecule has 0 spiro atoms. The van der Waals surface area contributed by atoms with E-state index in [1.807, 2.05) is 0 Å². The standard InChI is InChI=1S/C17H30N4/c1-17(8-11-20(2)12-9-17)14-18-13-15-7-10-21(19-15)16-5-3-4-6-16/h7,10,16,18H,3-6,8-9,11-14H2,1-2H3. The van der Waals surface area contributed by atoms with Crippen molar-refractivity contribution in [1.29, 1.82) is 0 Å². The molecule has 1 aromatic heterocycles. The maximum Gasteiger partial charge on any atom is 0.0762 e. The molecule has 0 radical (unpaired) electrons. The van der Waals surface area contributed by atoms with E-state index in [1.54, 1.807) is 0 Å². The van der Waals surface area contributed by atoms with Crippen molar-refractivity contribution in [3.63, 3.8) is 0 Å². The molecule has 1 aliphatic heterocycles. The second kappa shape index (κ2) is 6.49. The number of piperidine rings is 1. The Labute approximate surface area is 128 Å². The smallest absolute Gasteiger partial charge is 0.0762 e. The molecule has 4 nitrogen and oxygen atoms in total. The Kier molecular flexibility index (Phi) is 4.65. The summed E-state index contributed by atoms with van der Waals surface area (Å²) in [6.07, 6.45) is 10.1. The number of hydrogen-bond donors (Lipinski definition) is 1. The number of nitrogens with one attached hydrogen (secondary N) is 1. The van der Waals surface area contributed by atoms with Crippen molar-refractivity contribution < 1.29 is 0 Å². The van der Waals surface area contributed by atoms with Crippen molar-refractivity contribution in [2.75, 3.05) is 26.7 Å². The quantitative estimate of drug-likeness (QED) is 0.905. The van der Waals surface area contributed by atoms with Gasteiger partial charge in [0, 0.05) is 19.3 Å². The zero-order chi connectivity index (χ0) is 14.7. The fourth-order valence-corrected chi connectivity index (χ4v) is 3.67. The van der Waals surface area contributed by atoms with E-state index in [0.717, 1.165) is 13.1 Å². The second-order valence-electron chi connectivity index (χ2n) is 7.44. The topological polar surface area (TPSA) is 33.1 Å². The van der Waals surface area contributed by atoms with Gasteiger partial charge in [0.2, 0.25) is 0 Å². The number of aromatic nitrogens is 2. The van der Waals surface area contributed by atoms with Crippen LogP contribution in [0.2, 0.25) is 0 Å². The molecule has 0 unspecified atom stereocenters. The van der Waals surface area contributed by atoms with Crippen molar-refractivity contribution in [3.8, 4) is 0 Å². The lowest BCUT2D eigenvalue weighted by atomic mass is 9.80. The van der Waals surface area contributed by atoms with Gasteiger partial charge < -0.3 is 10.2 Å². The van der Waals surface area contributed by atoms with E-state index in [0.29, 0.717) is 11.5 Å². The monoisotopic (exact) mass is 290 g/mol. The fourth-order valence-electron chi connectivity index (χ4n) is 3.67. The van der Waals surface area contributed by atoms with Crippen LogP contribution in [-0.2, 0) is 6.54 Å². The summed E-state index contributed by atoms with van der Waals surface area (Å²) >= 11 is 0. The molecule has 0 aromatic carbocycles. The minimum Gasteiger partial charge on any atom is -0.311 e. The Bertz CT molecular complexity index is 439. The molecule has 2 heterocycles. The molecule has 1 saturated carbocycles. The summed E-state index contributed by atoms with van der Waals surface area (Å²) < 4.78 is 2.20. The van der Waals surface area contributed by atoms with E-state index < -0.39 is 0 Å². The van der Waals surface area contributed by atoms with Crippen molar-refractivity contribution in [1.82, 2.24) is 20.0 Å². The Morgan fingerprint density at radius 3 is 2.71 bits per heavy atom. The highest BCUT2D eigenvalue weighted by molar-refractivity contribution is 5.00. The van der Waals surface area contributed by atoms with Crippen LogP contribution in [0.4, 0.5) is 0 Å². The fraction of sp³-hybridized carbons (Fsp3) is 0.824. The average molecular weight is 290 g/mol. The van der Waals surface area contributed by atoms with Gasteiger partial charge in [0.05, 0.1) is 11.7 Å². The van der Waals surface area contributed by atoms with Gasteiger partial charge in [-0.1, -0.05) is 19.8 Å². The van der Waals surface area contributed by atoms with E-state index in [9.17, 15) is 0 Å². The molecule has 21 heavy (non-hydrogen) atoms. The minimum absolute atomic E-state index is 0.459. The van der Waals surface area contributed by atoms with Gasteiger partial charge in [-0.05, 0) is 57.3 Å². The first-order chi connectivity index (χ1) is 10.1. The predicted molar refractivity (Wildman–Crippen MR) is 86.3 cm³/mol. The zero-order valence-corrected chi connectivity index (χ0v) is 13.6. The van der Waals surface area contributed by atoms with E-state index in [-0.39, 0.29) is 0 Å². The van der Waals surface area contributed by atoms with Gasteiger partial charge in [0.1, 0.15) is 0 Å². The molecule has 1 saturated heterocycles. The van der Waals surface area contributed by atoms with Crippen molar-refractivity contribution in [2.24, 2.45) is 5.41 Å². The normalized spacial score (nSPS) is 23.7. The van der Waals surface area contributed by atoms with E-state index in [2.05, 4.69) is 41.1 Å². The van der Waals surface area contributed by atoms with Gasteiger partial charge in [-0.2, -0.15) is 5.10 Å². The molecule has 0 bridgehead atoms. The van der Waals surface area contributed by atoms with Gasteiger partial charge in [0.15, 0.2) is 0 Å². The van der Waals surface area contributed by atoms with Gasteiger partial charge in [0.25, 0.3) is 0 Å². The Morgan fingerprint density at radius 2 is 2.00 bits per heavy atom. The predicted octanol–water partition coefficient (Wildman–Crippen LogP) is 2.82. The number of nitrogens with zero attached hydrogens (tertiary/aromatic N) is 3. The lowest BCUT2D eigenvalue weighted by molar-refractivity contribution is 0.136. The first kappa shape index (κ1) is 15.0. The maximum atomic E-state index is 4.76. The SMILES string of the molecule is CN1CCC(C)(CNCc2ccn(C3CCCC3)n2)CC1. The average Bonchev–Trinajstić information content (AvgIpc) is 3.13. The van der Waals surface area contributed by atoms with Gasteiger partial charge in [-0.25, -0.2) is 0 Å². The molecule has 1 aromatic rings. The van der Waals surface area contributed by atoms with Gasteiger partial charge >= 0.3 is 0 Å². The molecule has 2 fully saturated rings. The Hall–Kier alpha value is -0.870. The van der Waals surface area contributed by atoms with Crippen LogP contribution in [0.25, 0.3) is 0 Å². The number of rotatable bonds is 5. The van der Waals surface area contributed by atoms with Crippen LogP contribution in [0.15, 0.2) is 12.3 Å². The first-order valence-corrected chi connectivity index (χ1v) is 8.58. The zero-order valence-electron chi connectivity index (χ0n) is 13.6. The highest BCUT2D eigenvalue weighted by Crippen LogP contribution is 2.30. The Balaban J connectivity index is 1.45. The van der Waals surface area contributed by atoms with Crippen molar-refractivity contribution in [2.45, 2.75) is 58.0 Å². The molecule has 0 atom stereocenters. The number of hydrogen-bond acceptors (Lipinski definition) is 3. The van der Waals surface area contributed by atoms with Crippen LogP contribution in [-0.4, -0.2) is 41.4 Å². The largest absolute Gasteiger partial charge is 0.311 e. The van der Waals surface area contributed by atoms with Gasteiger partial charge in [-0.15, -0.1) is 0 Å².